The molecule has 0 bridgehead atoms. The highest BCUT2D eigenvalue weighted by molar-refractivity contribution is 5.82. The zero-order valence-corrected chi connectivity index (χ0v) is 7.25. The number of methoxy groups -OCH3 is 1. The number of carbonyl (C=O) groups is 2. The predicted molar refractivity (Wildman–Crippen MR) is 41.5 cm³/mol. The number of amides is 1. The molecule has 0 saturated carbocycles. The molecule has 0 rings (SSSR count). The molecule has 0 aliphatic carbocycles. The summed E-state index contributed by atoms with van der Waals surface area (Å²) in [5.74, 6) is -0.771. The second-order valence-corrected chi connectivity index (χ2v) is 2.01. The van der Waals surface area contributed by atoms with Gasteiger partial charge in [0.25, 0.3) is 0 Å². The molecule has 0 saturated heterocycles. The number of ether oxygens (including phenoxy) is 2. The molecule has 0 aromatic heterocycles. The lowest BCUT2D eigenvalue weighted by Crippen LogP contribution is -2.32. The van der Waals surface area contributed by atoms with Crippen LogP contribution in [0.2, 0.25) is 0 Å². The van der Waals surface area contributed by atoms with Crippen molar-refractivity contribution in [2.24, 2.45) is 0 Å². The molecule has 0 aromatic rings. The van der Waals surface area contributed by atoms with E-state index in [1.165, 1.54) is 7.11 Å². The maximum atomic E-state index is 10.7. The fraction of sp³-hybridized carbons (Fsp3) is 0.714. The topological polar surface area (TPSA) is 64.6 Å². The number of carbonyl (C=O) groups excluding carboxylic acids is 2. The van der Waals surface area contributed by atoms with Gasteiger partial charge in [0.05, 0.1) is 6.61 Å². The summed E-state index contributed by atoms with van der Waals surface area (Å²) in [6.07, 6.45) is 0. The van der Waals surface area contributed by atoms with Crippen LogP contribution in [-0.2, 0) is 19.1 Å². The molecular weight excluding hydrogens is 162 g/mol. The summed E-state index contributed by atoms with van der Waals surface area (Å²) in [6.45, 7) is 1.88. The van der Waals surface area contributed by atoms with Gasteiger partial charge in [0.2, 0.25) is 5.91 Å². The Morgan fingerprint density at radius 3 is 2.58 bits per heavy atom. The summed E-state index contributed by atoms with van der Waals surface area (Å²) in [5.41, 5.74) is 0. The molecule has 0 aliphatic heterocycles. The number of esters is 1. The summed E-state index contributed by atoms with van der Waals surface area (Å²) in [4.78, 5) is 21.4. The van der Waals surface area contributed by atoms with E-state index in [1.54, 1.807) is 6.92 Å². The van der Waals surface area contributed by atoms with Crippen molar-refractivity contribution in [1.29, 1.82) is 0 Å². The van der Waals surface area contributed by atoms with E-state index >= 15 is 0 Å². The molecule has 0 heterocycles. The van der Waals surface area contributed by atoms with Crippen LogP contribution in [-0.4, -0.2) is 38.7 Å². The first-order valence-corrected chi connectivity index (χ1v) is 3.62. The zero-order chi connectivity index (χ0) is 9.40. The zero-order valence-electron chi connectivity index (χ0n) is 7.25. The highest BCUT2D eigenvalue weighted by atomic mass is 16.5. The van der Waals surface area contributed by atoms with E-state index in [2.05, 4.69) is 14.8 Å². The van der Waals surface area contributed by atoms with Crippen LogP contribution < -0.4 is 5.32 Å². The van der Waals surface area contributed by atoms with Crippen molar-refractivity contribution >= 4 is 11.9 Å². The second kappa shape index (κ2) is 6.60. The maximum absolute atomic E-state index is 10.7. The van der Waals surface area contributed by atoms with Crippen LogP contribution in [0.3, 0.4) is 0 Å². The van der Waals surface area contributed by atoms with Gasteiger partial charge < -0.3 is 14.8 Å². The number of rotatable bonds is 5. The van der Waals surface area contributed by atoms with Gasteiger partial charge in [0.1, 0.15) is 13.2 Å². The number of hydrogen-bond acceptors (Lipinski definition) is 4. The van der Waals surface area contributed by atoms with Crippen molar-refractivity contribution in [2.75, 3.05) is 26.9 Å². The summed E-state index contributed by atoms with van der Waals surface area (Å²) in [7, 11) is 1.41. The lowest BCUT2D eigenvalue weighted by molar-refractivity contribution is -0.143. The van der Waals surface area contributed by atoms with Crippen LogP contribution in [0.5, 0.6) is 0 Å². The molecule has 5 heteroatoms. The first-order valence-electron chi connectivity index (χ1n) is 3.62. The van der Waals surface area contributed by atoms with Crippen LogP contribution in [0.4, 0.5) is 0 Å². The lowest BCUT2D eigenvalue weighted by Gasteiger charge is -2.03. The molecule has 70 valence electrons. The molecular formula is C7H13NO4. The Morgan fingerprint density at radius 1 is 1.42 bits per heavy atom. The highest BCUT2D eigenvalue weighted by Crippen LogP contribution is 1.75. The molecule has 1 N–H and O–H groups in total. The molecule has 0 spiro atoms. The Kier molecular flexibility index (Phi) is 6.00. The average Bonchev–Trinajstić information content (AvgIpc) is 2.02. The average molecular weight is 175 g/mol. The van der Waals surface area contributed by atoms with E-state index in [0.29, 0.717) is 6.61 Å². The highest BCUT2D eigenvalue weighted by Gasteiger charge is 2.04. The van der Waals surface area contributed by atoms with Crippen LogP contribution in [0, 0.1) is 0 Å². The van der Waals surface area contributed by atoms with E-state index in [1.807, 2.05) is 0 Å². The number of hydrogen-bond donors (Lipinski definition) is 1. The summed E-state index contributed by atoms with van der Waals surface area (Å²) < 4.78 is 9.11. The molecule has 12 heavy (non-hydrogen) atoms. The second-order valence-electron chi connectivity index (χ2n) is 2.01. The van der Waals surface area contributed by atoms with Gasteiger partial charge in [0.15, 0.2) is 0 Å². The van der Waals surface area contributed by atoms with Gasteiger partial charge in [-0.25, -0.2) is 0 Å². The minimum atomic E-state index is -0.443. The fourth-order valence-corrected chi connectivity index (χ4v) is 0.565. The third-order valence-electron chi connectivity index (χ3n) is 1.01. The van der Waals surface area contributed by atoms with Gasteiger partial charge in [-0.3, -0.25) is 9.59 Å². The fourth-order valence-electron chi connectivity index (χ4n) is 0.565. The SMILES string of the molecule is CCOC(=O)CNC(=O)COC. The first kappa shape index (κ1) is 10.9. The number of nitrogens with one attached hydrogen (secondary N) is 1. The third-order valence-corrected chi connectivity index (χ3v) is 1.01. The predicted octanol–water partition coefficient (Wildman–Crippen LogP) is -0.688. The summed E-state index contributed by atoms with van der Waals surface area (Å²) >= 11 is 0. The van der Waals surface area contributed by atoms with E-state index in [-0.39, 0.29) is 19.1 Å². The van der Waals surface area contributed by atoms with Crippen LogP contribution >= 0.6 is 0 Å². The minimum absolute atomic E-state index is 0.0423. The quantitative estimate of drug-likeness (QED) is 0.562. The van der Waals surface area contributed by atoms with Crippen molar-refractivity contribution in [3.63, 3.8) is 0 Å². The van der Waals surface area contributed by atoms with Gasteiger partial charge >= 0.3 is 5.97 Å². The molecule has 5 nitrogen and oxygen atoms in total. The minimum Gasteiger partial charge on any atom is -0.465 e. The largest absolute Gasteiger partial charge is 0.465 e. The Morgan fingerprint density at radius 2 is 2.08 bits per heavy atom. The van der Waals surface area contributed by atoms with Gasteiger partial charge in [0, 0.05) is 7.11 Å². The smallest absolute Gasteiger partial charge is 0.325 e. The van der Waals surface area contributed by atoms with Gasteiger partial charge in [-0.05, 0) is 6.92 Å². The van der Waals surface area contributed by atoms with E-state index in [9.17, 15) is 9.59 Å². The van der Waals surface area contributed by atoms with E-state index in [0.717, 1.165) is 0 Å². The lowest BCUT2D eigenvalue weighted by atomic mass is 10.5. The molecule has 0 aromatic carbocycles. The van der Waals surface area contributed by atoms with Crippen molar-refractivity contribution in [2.45, 2.75) is 6.92 Å². The molecule has 0 atom stereocenters. The first-order chi connectivity index (χ1) is 5.70. The Labute approximate surface area is 71.0 Å². The summed E-state index contributed by atoms with van der Waals surface area (Å²) in [6, 6.07) is 0. The van der Waals surface area contributed by atoms with Crippen molar-refractivity contribution in [3.05, 3.63) is 0 Å². The van der Waals surface area contributed by atoms with Gasteiger partial charge in [-0.15, -0.1) is 0 Å². The van der Waals surface area contributed by atoms with Crippen LogP contribution in [0.1, 0.15) is 6.92 Å². The Hall–Kier alpha value is -1.10. The van der Waals surface area contributed by atoms with Crippen molar-refractivity contribution < 1.29 is 19.1 Å². The monoisotopic (exact) mass is 175 g/mol. The molecule has 0 fully saturated rings. The van der Waals surface area contributed by atoms with Crippen molar-refractivity contribution in [3.8, 4) is 0 Å². The molecule has 0 unspecified atom stereocenters. The standard InChI is InChI=1S/C7H13NO4/c1-3-12-7(10)4-8-6(9)5-11-2/h3-5H2,1-2H3,(H,8,9). The van der Waals surface area contributed by atoms with Gasteiger partial charge in [-0.1, -0.05) is 0 Å². The molecule has 1 amide bonds. The normalized spacial score (nSPS) is 9.17. The van der Waals surface area contributed by atoms with Crippen LogP contribution in [0.15, 0.2) is 0 Å². The summed E-state index contributed by atoms with van der Waals surface area (Å²) in [5, 5.41) is 2.33. The van der Waals surface area contributed by atoms with Gasteiger partial charge in [-0.2, -0.15) is 0 Å². The Balaban J connectivity index is 3.40. The molecule has 0 radical (unpaired) electrons. The maximum Gasteiger partial charge on any atom is 0.325 e. The Bertz CT molecular complexity index is 139. The third kappa shape index (κ3) is 5.67. The van der Waals surface area contributed by atoms with E-state index in [4.69, 9.17) is 0 Å². The molecule has 0 aliphatic rings. The van der Waals surface area contributed by atoms with Crippen molar-refractivity contribution in [1.82, 2.24) is 5.32 Å². The van der Waals surface area contributed by atoms with E-state index < -0.39 is 5.97 Å². The van der Waals surface area contributed by atoms with Crippen LogP contribution in [0.25, 0.3) is 0 Å².